The van der Waals surface area contributed by atoms with Crippen molar-refractivity contribution in [2.75, 3.05) is 26.3 Å². The summed E-state index contributed by atoms with van der Waals surface area (Å²) in [5.74, 6) is -1.07. The highest BCUT2D eigenvalue weighted by Crippen LogP contribution is 2.09. The summed E-state index contributed by atoms with van der Waals surface area (Å²) < 4.78 is 5.26. The molecule has 1 heterocycles. The molecule has 6 nitrogen and oxygen atoms in total. The maximum atomic E-state index is 12.0. The Morgan fingerprint density at radius 1 is 1.39 bits per heavy atom. The van der Waals surface area contributed by atoms with E-state index in [1.807, 2.05) is 13.8 Å². The van der Waals surface area contributed by atoms with E-state index in [-0.39, 0.29) is 11.9 Å². The molecule has 0 aliphatic carbocycles. The Labute approximate surface area is 107 Å². The van der Waals surface area contributed by atoms with E-state index in [0.717, 1.165) is 6.42 Å². The molecule has 0 saturated carbocycles. The number of nitrogens with one attached hydrogen (secondary N) is 1. The number of hydrogen-bond acceptors (Lipinski definition) is 3. The van der Waals surface area contributed by atoms with Gasteiger partial charge in [0.2, 0.25) is 0 Å². The first-order chi connectivity index (χ1) is 8.56. The van der Waals surface area contributed by atoms with Gasteiger partial charge in [0.1, 0.15) is 6.04 Å². The van der Waals surface area contributed by atoms with E-state index in [1.165, 1.54) is 0 Å². The molecule has 18 heavy (non-hydrogen) atoms. The van der Waals surface area contributed by atoms with E-state index in [0.29, 0.717) is 32.7 Å². The van der Waals surface area contributed by atoms with Gasteiger partial charge in [-0.3, -0.25) is 0 Å². The van der Waals surface area contributed by atoms with Crippen LogP contribution in [0.1, 0.15) is 26.7 Å². The second-order valence-corrected chi connectivity index (χ2v) is 4.60. The molecule has 1 aliphatic heterocycles. The van der Waals surface area contributed by atoms with Gasteiger partial charge in [-0.1, -0.05) is 20.3 Å². The van der Waals surface area contributed by atoms with Crippen molar-refractivity contribution < 1.29 is 19.4 Å². The van der Waals surface area contributed by atoms with Crippen molar-refractivity contribution in [1.82, 2.24) is 10.2 Å². The lowest BCUT2D eigenvalue weighted by Gasteiger charge is -2.25. The van der Waals surface area contributed by atoms with Crippen LogP contribution < -0.4 is 5.32 Å². The van der Waals surface area contributed by atoms with Crippen molar-refractivity contribution in [2.45, 2.75) is 32.7 Å². The topological polar surface area (TPSA) is 78.9 Å². The smallest absolute Gasteiger partial charge is 0.326 e. The minimum atomic E-state index is -0.983. The molecule has 6 heteroatoms. The first-order valence-corrected chi connectivity index (χ1v) is 6.42. The van der Waals surface area contributed by atoms with Crippen molar-refractivity contribution in [2.24, 2.45) is 5.92 Å². The molecular formula is C12H22N2O4. The molecule has 1 saturated heterocycles. The summed E-state index contributed by atoms with van der Waals surface area (Å²) in [6, 6.07) is -1.14. The summed E-state index contributed by atoms with van der Waals surface area (Å²) in [5, 5.41) is 11.7. The lowest BCUT2D eigenvalue weighted by Crippen LogP contribution is -2.51. The number of aliphatic carboxylic acids is 1. The standard InChI is InChI=1S/C12H22N2O4/c1-3-9(2)10(11(15)16)13-12(17)14-5-4-7-18-8-6-14/h9-10H,3-8H2,1-2H3,(H,13,17)(H,15,16). The van der Waals surface area contributed by atoms with Crippen LogP contribution in [0.15, 0.2) is 0 Å². The molecule has 1 rings (SSSR count). The maximum Gasteiger partial charge on any atom is 0.326 e. The molecular weight excluding hydrogens is 236 g/mol. The highest BCUT2D eigenvalue weighted by molar-refractivity contribution is 5.82. The van der Waals surface area contributed by atoms with Crippen LogP contribution in [0.25, 0.3) is 0 Å². The molecule has 1 fully saturated rings. The van der Waals surface area contributed by atoms with Gasteiger partial charge in [0, 0.05) is 19.7 Å². The van der Waals surface area contributed by atoms with Gasteiger partial charge in [0.05, 0.1) is 6.61 Å². The summed E-state index contributed by atoms with van der Waals surface area (Å²) in [7, 11) is 0. The van der Waals surface area contributed by atoms with Gasteiger partial charge in [0.25, 0.3) is 0 Å². The molecule has 0 radical (unpaired) electrons. The molecule has 0 bridgehead atoms. The predicted octanol–water partition coefficient (Wildman–Crippen LogP) is 0.918. The summed E-state index contributed by atoms with van der Waals surface area (Å²) in [6.07, 6.45) is 1.49. The second kappa shape index (κ2) is 7.20. The number of carbonyl (C=O) groups is 2. The summed E-state index contributed by atoms with van der Waals surface area (Å²) >= 11 is 0. The highest BCUT2D eigenvalue weighted by Gasteiger charge is 2.27. The lowest BCUT2D eigenvalue weighted by atomic mass is 9.99. The van der Waals surface area contributed by atoms with Gasteiger partial charge >= 0.3 is 12.0 Å². The Kier molecular flexibility index (Phi) is 5.91. The number of carbonyl (C=O) groups excluding carboxylic acids is 1. The summed E-state index contributed by atoms with van der Waals surface area (Å²) in [5.41, 5.74) is 0. The van der Waals surface area contributed by atoms with Crippen molar-refractivity contribution >= 4 is 12.0 Å². The minimum absolute atomic E-state index is 0.0883. The second-order valence-electron chi connectivity index (χ2n) is 4.60. The predicted molar refractivity (Wildman–Crippen MR) is 66.4 cm³/mol. The first-order valence-electron chi connectivity index (χ1n) is 6.42. The zero-order chi connectivity index (χ0) is 13.5. The van der Waals surface area contributed by atoms with E-state index >= 15 is 0 Å². The number of urea groups is 1. The number of amides is 2. The fraction of sp³-hybridized carbons (Fsp3) is 0.833. The molecule has 2 atom stereocenters. The average molecular weight is 258 g/mol. The van der Waals surface area contributed by atoms with Gasteiger partial charge in [-0.25, -0.2) is 9.59 Å². The van der Waals surface area contributed by atoms with Crippen LogP contribution in [-0.4, -0.2) is 54.4 Å². The van der Waals surface area contributed by atoms with E-state index in [4.69, 9.17) is 9.84 Å². The van der Waals surface area contributed by atoms with Crippen molar-refractivity contribution in [3.63, 3.8) is 0 Å². The molecule has 0 aromatic rings. The van der Waals surface area contributed by atoms with Gasteiger partial charge in [-0.2, -0.15) is 0 Å². The largest absolute Gasteiger partial charge is 0.480 e. The highest BCUT2D eigenvalue weighted by atomic mass is 16.5. The average Bonchev–Trinajstić information content (AvgIpc) is 2.63. The third-order valence-electron chi connectivity index (χ3n) is 3.27. The maximum absolute atomic E-state index is 12.0. The van der Waals surface area contributed by atoms with Crippen LogP contribution in [0.3, 0.4) is 0 Å². The Hall–Kier alpha value is -1.30. The Morgan fingerprint density at radius 3 is 2.72 bits per heavy atom. The molecule has 1 aliphatic rings. The Morgan fingerprint density at radius 2 is 2.11 bits per heavy atom. The molecule has 0 spiro atoms. The van der Waals surface area contributed by atoms with Crippen molar-refractivity contribution in [1.29, 1.82) is 0 Å². The SMILES string of the molecule is CCC(C)C(NC(=O)N1CCCOCC1)C(=O)O. The van der Waals surface area contributed by atoms with E-state index in [9.17, 15) is 9.59 Å². The van der Waals surface area contributed by atoms with Crippen LogP contribution in [0.2, 0.25) is 0 Å². The van der Waals surface area contributed by atoms with E-state index < -0.39 is 12.0 Å². The van der Waals surface area contributed by atoms with Gasteiger partial charge < -0.3 is 20.1 Å². The number of ether oxygens (including phenoxy) is 1. The fourth-order valence-corrected chi connectivity index (χ4v) is 1.86. The summed E-state index contributed by atoms with van der Waals surface area (Å²) in [4.78, 5) is 24.7. The fourth-order valence-electron chi connectivity index (χ4n) is 1.86. The van der Waals surface area contributed by atoms with E-state index in [1.54, 1.807) is 4.90 Å². The molecule has 2 N–H and O–H groups in total. The zero-order valence-electron chi connectivity index (χ0n) is 11.0. The van der Waals surface area contributed by atoms with Gasteiger partial charge in [0.15, 0.2) is 0 Å². The van der Waals surface area contributed by atoms with Crippen molar-refractivity contribution in [3.8, 4) is 0 Å². The lowest BCUT2D eigenvalue weighted by molar-refractivity contribution is -0.140. The third kappa shape index (κ3) is 4.18. The van der Waals surface area contributed by atoms with Gasteiger partial charge in [-0.15, -0.1) is 0 Å². The molecule has 0 aromatic carbocycles. The number of nitrogens with zero attached hydrogens (tertiary/aromatic N) is 1. The van der Waals surface area contributed by atoms with Crippen molar-refractivity contribution in [3.05, 3.63) is 0 Å². The Bertz CT molecular complexity index is 288. The van der Waals surface area contributed by atoms with Crippen LogP contribution in [0, 0.1) is 5.92 Å². The Balaban J connectivity index is 2.56. The van der Waals surface area contributed by atoms with Gasteiger partial charge in [-0.05, 0) is 12.3 Å². The third-order valence-corrected chi connectivity index (χ3v) is 3.27. The number of carboxylic acid groups (broad SMARTS) is 1. The van der Waals surface area contributed by atoms with E-state index in [2.05, 4.69) is 5.32 Å². The zero-order valence-corrected chi connectivity index (χ0v) is 11.0. The number of rotatable bonds is 4. The molecule has 104 valence electrons. The monoisotopic (exact) mass is 258 g/mol. The molecule has 0 aromatic heterocycles. The normalized spacial score (nSPS) is 19.8. The van der Waals surface area contributed by atoms with Crippen LogP contribution in [-0.2, 0) is 9.53 Å². The summed E-state index contributed by atoms with van der Waals surface area (Å²) in [6.45, 7) is 6.01. The molecule has 2 unspecified atom stereocenters. The van der Waals surface area contributed by atoms with Crippen LogP contribution >= 0.6 is 0 Å². The minimum Gasteiger partial charge on any atom is -0.480 e. The quantitative estimate of drug-likeness (QED) is 0.786. The first kappa shape index (κ1) is 14.8. The van der Waals surface area contributed by atoms with Crippen LogP contribution in [0.5, 0.6) is 0 Å². The van der Waals surface area contributed by atoms with Crippen LogP contribution in [0.4, 0.5) is 4.79 Å². The number of carboxylic acids is 1. The molecule has 2 amide bonds. The number of hydrogen-bond donors (Lipinski definition) is 2.